The zero-order chi connectivity index (χ0) is 17.0. The molecule has 0 aliphatic heterocycles. The lowest BCUT2D eigenvalue weighted by atomic mass is 10.1. The number of para-hydroxylation sites is 1. The third kappa shape index (κ3) is 5.41. The van der Waals surface area contributed by atoms with Crippen LogP contribution in [0.25, 0.3) is 0 Å². The number of benzene rings is 1. The van der Waals surface area contributed by atoms with Crippen molar-refractivity contribution in [1.82, 2.24) is 10.0 Å². The van der Waals surface area contributed by atoms with Crippen LogP contribution in [-0.4, -0.2) is 31.3 Å². The summed E-state index contributed by atoms with van der Waals surface area (Å²) in [6.45, 7) is 5.28. The van der Waals surface area contributed by atoms with Gasteiger partial charge in [-0.1, -0.05) is 12.1 Å². The second kappa shape index (κ2) is 6.84. The number of amides is 1. The normalized spacial score (nSPS) is 12.0. The van der Waals surface area contributed by atoms with Gasteiger partial charge in [0, 0.05) is 24.6 Å². The van der Waals surface area contributed by atoms with E-state index in [1.54, 1.807) is 0 Å². The molecule has 0 unspecified atom stereocenters. The number of hydrogen-bond acceptors (Lipinski definition) is 5. The summed E-state index contributed by atoms with van der Waals surface area (Å²) in [6.07, 6.45) is -0.0584. The van der Waals surface area contributed by atoms with E-state index in [0.717, 1.165) is 12.1 Å². The van der Waals surface area contributed by atoms with Gasteiger partial charge in [0.25, 0.3) is 5.69 Å². The highest BCUT2D eigenvalue weighted by molar-refractivity contribution is 7.89. The highest BCUT2D eigenvalue weighted by Gasteiger charge is 2.25. The Labute approximate surface area is 129 Å². The Bertz CT molecular complexity index is 664. The number of nitro groups is 1. The maximum atomic E-state index is 12.1. The van der Waals surface area contributed by atoms with Crippen LogP contribution in [-0.2, 0) is 14.8 Å². The fourth-order valence-corrected chi connectivity index (χ4v) is 2.89. The van der Waals surface area contributed by atoms with Crippen LogP contribution in [0.4, 0.5) is 5.69 Å². The number of carbonyl (C=O) groups excluding carboxylic acids is 1. The van der Waals surface area contributed by atoms with E-state index in [4.69, 9.17) is 0 Å². The molecule has 0 spiro atoms. The highest BCUT2D eigenvalue weighted by atomic mass is 32.2. The number of rotatable bonds is 6. The molecule has 122 valence electrons. The summed E-state index contributed by atoms with van der Waals surface area (Å²) in [7, 11) is -4.05. The first-order valence-corrected chi connectivity index (χ1v) is 8.05. The Hall–Kier alpha value is -2.00. The predicted octanol–water partition coefficient (Wildman–Crippen LogP) is 1.18. The Morgan fingerprint density at radius 1 is 1.27 bits per heavy atom. The van der Waals surface area contributed by atoms with Gasteiger partial charge < -0.3 is 5.32 Å². The lowest BCUT2D eigenvalue weighted by molar-refractivity contribution is -0.387. The zero-order valence-corrected chi connectivity index (χ0v) is 13.4. The van der Waals surface area contributed by atoms with Crippen molar-refractivity contribution in [3.05, 3.63) is 34.4 Å². The van der Waals surface area contributed by atoms with Gasteiger partial charge in [-0.2, -0.15) is 0 Å². The summed E-state index contributed by atoms with van der Waals surface area (Å²) in [6, 6.07) is 5.04. The van der Waals surface area contributed by atoms with Gasteiger partial charge in [-0.3, -0.25) is 14.9 Å². The Kier molecular flexibility index (Phi) is 5.61. The van der Waals surface area contributed by atoms with Crippen molar-refractivity contribution in [1.29, 1.82) is 0 Å². The highest BCUT2D eigenvalue weighted by Crippen LogP contribution is 2.22. The molecule has 0 saturated carbocycles. The van der Waals surface area contributed by atoms with Crippen molar-refractivity contribution in [2.45, 2.75) is 37.6 Å². The minimum Gasteiger partial charge on any atom is -0.351 e. The Morgan fingerprint density at radius 2 is 1.86 bits per heavy atom. The largest absolute Gasteiger partial charge is 0.351 e. The Balaban J connectivity index is 2.74. The maximum absolute atomic E-state index is 12.1. The molecule has 0 bridgehead atoms. The Morgan fingerprint density at radius 3 is 2.41 bits per heavy atom. The second-order valence-corrected chi connectivity index (χ2v) is 7.41. The molecule has 1 aromatic carbocycles. The molecule has 0 heterocycles. The van der Waals surface area contributed by atoms with Gasteiger partial charge in [0.05, 0.1) is 4.92 Å². The van der Waals surface area contributed by atoms with E-state index in [2.05, 4.69) is 10.0 Å². The minimum atomic E-state index is -4.05. The predicted molar refractivity (Wildman–Crippen MR) is 80.8 cm³/mol. The number of carbonyl (C=O) groups is 1. The van der Waals surface area contributed by atoms with Gasteiger partial charge in [0.2, 0.25) is 15.9 Å². The van der Waals surface area contributed by atoms with Crippen molar-refractivity contribution >= 4 is 21.6 Å². The van der Waals surface area contributed by atoms with Gasteiger partial charge in [-0.05, 0) is 26.8 Å². The molecule has 9 heteroatoms. The fourth-order valence-electron chi connectivity index (χ4n) is 1.69. The lowest BCUT2D eigenvalue weighted by Gasteiger charge is -2.20. The van der Waals surface area contributed by atoms with Crippen LogP contribution < -0.4 is 10.0 Å². The average Bonchev–Trinajstić information content (AvgIpc) is 2.36. The van der Waals surface area contributed by atoms with E-state index >= 15 is 0 Å². The van der Waals surface area contributed by atoms with Gasteiger partial charge in [0.1, 0.15) is 0 Å². The molecule has 0 radical (unpaired) electrons. The topological polar surface area (TPSA) is 118 Å². The molecule has 0 atom stereocenters. The third-order valence-electron chi connectivity index (χ3n) is 2.51. The number of nitrogens with one attached hydrogen (secondary N) is 2. The first kappa shape index (κ1) is 18.1. The van der Waals surface area contributed by atoms with Crippen molar-refractivity contribution < 1.29 is 18.1 Å². The summed E-state index contributed by atoms with van der Waals surface area (Å²) < 4.78 is 26.3. The van der Waals surface area contributed by atoms with Crippen molar-refractivity contribution in [2.75, 3.05) is 6.54 Å². The maximum Gasteiger partial charge on any atom is 0.289 e. The summed E-state index contributed by atoms with van der Waals surface area (Å²) >= 11 is 0. The molecule has 0 aliphatic carbocycles. The standard InChI is InChI=1S/C13H19N3O5S/c1-13(2,3)15-12(17)8-9-14-22(20,21)11-7-5-4-6-10(11)16(18)19/h4-7,14H,8-9H2,1-3H3,(H,15,17). The van der Waals surface area contributed by atoms with E-state index in [1.807, 2.05) is 20.8 Å². The first-order chi connectivity index (χ1) is 10.0. The number of hydrogen-bond donors (Lipinski definition) is 2. The second-order valence-electron chi connectivity index (χ2n) is 5.67. The van der Waals surface area contributed by atoms with Gasteiger partial charge in [-0.25, -0.2) is 13.1 Å². The van der Waals surface area contributed by atoms with Gasteiger partial charge in [0.15, 0.2) is 4.90 Å². The van der Waals surface area contributed by atoms with E-state index in [0.29, 0.717) is 0 Å². The molecule has 0 aromatic heterocycles. The van der Waals surface area contributed by atoms with Crippen LogP contribution in [0.2, 0.25) is 0 Å². The van der Waals surface area contributed by atoms with Crippen molar-refractivity contribution in [3.63, 3.8) is 0 Å². The van der Waals surface area contributed by atoms with E-state index in [9.17, 15) is 23.3 Å². The molecular formula is C13H19N3O5S. The fraction of sp³-hybridized carbons (Fsp3) is 0.462. The molecule has 8 nitrogen and oxygen atoms in total. The van der Waals surface area contributed by atoms with E-state index in [-0.39, 0.29) is 18.9 Å². The van der Waals surface area contributed by atoms with Crippen LogP contribution >= 0.6 is 0 Å². The smallest absolute Gasteiger partial charge is 0.289 e. The lowest BCUT2D eigenvalue weighted by Crippen LogP contribution is -2.41. The van der Waals surface area contributed by atoms with Gasteiger partial charge in [-0.15, -0.1) is 0 Å². The number of nitro benzene ring substituents is 1. The molecule has 2 N–H and O–H groups in total. The molecule has 22 heavy (non-hydrogen) atoms. The van der Waals surface area contributed by atoms with Crippen molar-refractivity contribution in [3.8, 4) is 0 Å². The van der Waals surface area contributed by atoms with Crippen LogP contribution in [0, 0.1) is 10.1 Å². The number of sulfonamides is 1. The molecule has 1 aromatic rings. The summed E-state index contributed by atoms with van der Waals surface area (Å²) in [5.74, 6) is -0.308. The molecule has 0 saturated heterocycles. The zero-order valence-electron chi connectivity index (χ0n) is 12.6. The van der Waals surface area contributed by atoms with Crippen LogP contribution in [0.5, 0.6) is 0 Å². The first-order valence-electron chi connectivity index (χ1n) is 6.57. The number of nitrogens with zero attached hydrogens (tertiary/aromatic N) is 1. The third-order valence-corrected chi connectivity index (χ3v) is 4.02. The molecular weight excluding hydrogens is 310 g/mol. The quantitative estimate of drug-likeness (QED) is 0.600. The average molecular weight is 329 g/mol. The summed E-state index contributed by atoms with van der Waals surface area (Å²) in [4.78, 5) is 21.3. The molecule has 1 amide bonds. The van der Waals surface area contributed by atoms with Crippen LogP contribution in [0.1, 0.15) is 27.2 Å². The van der Waals surface area contributed by atoms with E-state index < -0.39 is 31.1 Å². The molecule has 0 fully saturated rings. The van der Waals surface area contributed by atoms with E-state index in [1.165, 1.54) is 12.1 Å². The SMILES string of the molecule is CC(C)(C)NC(=O)CCNS(=O)(=O)c1ccccc1[N+](=O)[O-]. The van der Waals surface area contributed by atoms with Crippen LogP contribution in [0.15, 0.2) is 29.2 Å². The summed E-state index contributed by atoms with van der Waals surface area (Å²) in [5.41, 5.74) is -0.914. The van der Waals surface area contributed by atoms with Crippen LogP contribution in [0.3, 0.4) is 0 Å². The molecule has 1 rings (SSSR count). The van der Waals surface area contributed by atoms with Crippen molar-refractivity contribution in [2.24, 2.45) is 0 Å². The minimum absolute atomic E-state index is 0.0584. The molecule has 0 aliphatic rings. The summed E-state index contributed by atoms with van der Waals surface area (Å²) in [5, 5.41) is 13.5. The monoisotopic (exact) mass is 329 g/mol. The van der Waals surface area contributed by atoms with Gasteiger partial charge >= 0.3 is 0 Å².